The summed E-state index contributed by atoms with van der Waals surface area (Å²) in [5.41, 5.74) is 4.25. The van der Waals surface area contributed by atoms with E-state index in [1.807, 2.05) is 0 Å². The summed E-state index contributed by atoms with van der Waals surface area (Å²) in [4.78, 5) is 8.00. The maximum atomic E-state index is 13.6. The van der Waals surface area contributed by atoms with Crippen LogP contribution in [0.2, 0.25) is 0 Å². The molecule has 1 aromatic carbocycles. The van der Waals surface area contributed by atoms with Gasteiger partial charge in [-0.05, 0) is 30.7 Å². The second-order valence-corrected chi connectivity index (χ2v) is 6.92. The van der Waals surface area contributed by atoms with Crippen molar-refractivity contribution in [3.63, 3.8) is 0 Å². The van der Waals surface area contributed by atoms with Gasteiger partial charge in [0.15, 0.2) is 17.9 Å². The minimum absolute atomic E-state index is 0.00719. The van der Waals surface area contributed by atoms with E-state index < -0.39 is 41.8 Å². The van der Waals surface area contributed by atoms with Crippen molar-refractivity contribution in [1.29, 1.82) is 0 Å². The van der Waals surface area contributed by atoms with Crippen molar-refractivity contribution in [1.82, 2.24) is 14.5 Å². The third-order valence-electron chi connectivity index (χ3n) is 5.11. The summed E-state index contributed by atoms with van der Waals surface area (Å²) in [5, 5.41) is 32.5. The van der Waals surface area contributed by atoms with Gasteiger partial charge in [-0.25, -0.2) is 18.7 Å². The normalized spacial score (nSPS) is 27.2. The first-order valence-electron chi connectivity index (χ1n) is 8.48. The van der Waals surface area contributed by atoms with Gasteiger partial charge < -0.3 is 30.4 Å². The molecule has 1 saturated heterocycles. The Labute approximate surface area is 157 Å². The highest BCUT2D eigenvalue weighted by molar-refractivity contribution is 5.86. The number of nitrogen functional groups attached to an aromatic ring is 1. The molecule has 1 aliphatic rings. The summed E-state index contributed by atoms with van der Waals surface area (Å²) in [7, 11) is 0. The maximum absolute atomic E-state index is 13.6. The summed E-state index contributed by atoms with van der Waals surface area (Å²) in [5.74, 6) is -1.98. The molecule has 8 nitrogen and oxygen atoms in total. The van der Waals surface area contributed by atoms with Crippen molar-refractivity contribution < 1.29 is 28.8 Å². The molecule has 3 aromatic rings. The molecule has 2 aromatic heterocycles. The molecule has 0 saturated carbocycles. The molecule has 4 rings (SSSR count). The van der Waals surface area contributed by atoms with Gasteiger partial charge in [-0.3, -0.25) is 0 Å². The summed E-state index contributed by atoms with van der Waals surface area (Å²) >= 11 is 0. The number of nitrogens with two attached hydrogens (primary N) is 1. The lowest BCUT2D eigenvalue weighted by Gasteiger charge is -2.32. The van der Waals surface area contributed by atoms with Crippen LogP contribution in [-0.2, 0) is 10.3 Å². The van der Waals surface area contributed by atoms with Crippen LogP contribution in [-0.4, -0.2) is 48.2 Å². The Kier molecular flexibility index (Phi) is 4.31. The Balaban J connectivity index is 1.71. The molecule has 0 aliphatic carbocycles. The van der Waals surface area contributed by atoms with Crippen LogP contribution in [0.25, 0.3) is 11.0 Å². The molecule has 1 unspecified atom stereocenters. The number of hydrogen-bond acceptors (Lipinski definition) is 7. The lowest BCUT2D eigenvalue weighted by Crippen LogP contribution is -2.45. The van der Waals surface area contributed by atoms with E-state index in [0.717, 1.165) is 12.1 Å². The highest BCUT2D eigenvalue weighted by atomic mass is 19.2. The van der Waals surface area contributed by atoms with Crippen LogP contribution in [0.3, 0.4) is 0 Å². The van der Waals surface area contributed by atoms with Crippen molar-refractivity contribution in [3.8, 4) is 0 Å². The van der Waals surface area contributed by atoms with E-state index in [0.29, 0.717) is 11.0 Å². The van der Waals surface area contributed by atoms with Gasteiger partial charge in [-0.2, -0.15) is 0 Å². The Morgan fingerprint density at radius 3 is 2.61 bits per heavy atom. The van der Waals surface area contributed by atoms with Gasteiger partial charge in [0.25, 0.3) is 0 Å². The first kappa shape index (κ1) is 18.7. The van der Waals surface area contributed by atoms with E-state index >= 15 is 0 Å². The second-order valence-electron chi connectivity index (χ2n) is 6.92. The first-order valence-corrected chi connectivity index (χ1v) is 8.48. The maximum Gasteiger partial charge on any atom is 0.164 e. The van der Waals surface area contributed by atoms with E-state index in [4.69, 9.17) is 10.5 Å². The lowest BCUT2D eigenvalue weighted by molar-refractivity contribution is -0.136. The quantitative estimate of drug-likeness (QED) is 0.520. The average molecular weight is 392 g/mol. The zero-order valence-electron chi connectivity index (χ0n) is 14.7. The molecule has 0 amide bonds. The zero-order valence-corrected chi connectivity index (χ0v) is 14.7. The van der Waals surface area contributed by atoms with Crippen LogP contribution in [0, 0.1) is 11.6 Å². The molecule has 0 spiro atoms. The highest BCUT2D eigenvalue weighted by Gasteiger charge is 2.52. The molecular formula is C18H18F2N4O4. The minimum atomic E-state index is -1.92. The fraction of sp³-hybridized carbons (Fsp3) is 0.333. The number of benzene rings is 1. The number of anilines is 1. The van der Waals surface area contributed by atoms with Gasteiger partial charge in [0.05, 0.1) is 5.39 Å². The Hall–Kier alpha value is -2.66. The minimum Gasteiger partial charge on any atom is -0.387 e. The largest absolute Gasteiger partial charge is 0.387 e. The van der Waals surface area contributed by atoms with Crippen molar-refractivity contribution in [2.75, 3.05) is 5.73 Å². The number of aliphatic hydroxyl groups excluding tert-OH is 2. The van der Waals surface area contributed by atoms with Crippen LogP contribution < -0.4 is 5.73 Å². The van der Waals surface area contributed by atoms with Gasteiger partial charge in [0.2, 0.25) is 0 Å². The molecule has 0 radical (unpaired) electrons. The van der Waals surface area contributed by atoms with Gasteiger partial charge in [-0.1, -0.05) is 6.07 Å². The van der Waals surface area contributed by atoms with Crippen molar-refractivity contribution in [2.45, 2.75) is 37.1 Å². The van der Waals surface area contributed by atoms with Crippen molar-refractivity contribution in [3.05, 3.63) is 54.0 Å². The Morgan fingerprint density at radius 2 is 1.89 bits per heavy atom. The van der Waals surface area contributed by atoms with Crippen LogP contribution in [0.5, 0.6) is 0 Å². The van der Waals surface area contributed by atoms with Crippen LogP contribution in [0.4, 0.5) is 14.6 Å². The summed E-state index contributed by atoms with van der Waals surface area (Å²) in [6.45, 7) is 1.29. The van der Waals surface area contributed by atoms with Gasteiger partial charge in [0.1, 0.15) is 41.7 Å². The van der Waals surface area contributed by atoms with E-state index in [9.17, 15) is 24.1 Å². The third kappa shape index (κ3) is 2.73. The predicted molar refractivity (Wildman–Crippen MR) is 93.8 cm³/mol. The molecule has 10 heteroatoms. The molecule has 1 fully saturated rings. The molecule has 0 bridgehead atoms. The topological polar surface area (TPSA) is 127 Å². The molecule has 5 atom stereocenters. The van der Waals surface area contributed by atoms with E-state index in [-0.39, 0.29) is 11.4 Å². The van der Waals surface area contributed by atoms with Crippen LogP contribution in [0.15, 0.2) is 36.8 Å². The van der Waals surface area contributed by atoms with E-state index in [2.05, 4.69) is 9.97 Å². The standard InChI is InChI=1S/C18H18F2N4O4/c1-18(27,8-2-3-10(19)11(20)6-8)14-12(25)13(26)17(28-14)24-5-4-9-15(21)22-7-23-16(9)24/h2-7,12-14,17,25-27H,1H3,(H2,21,22,23)/t12-,13+,14-,17+,18?/m0/s1. The molecule has 28 heavy (non-hydrogen) atoms. The smallest absolute Gasteiger partial charge is 0.164 e. The number of aliphatic hydroxyl groups is 3. The van der Waals surface area contributed by atoms with E-state index in [1.54, 1.807) is 12.3 Å². The van der Waals surface area contributed by atoms with Crippen molar-refractivity contribution in [2.24, 2.45) is 0 Å². The monoisotopic (exact) mass is 392 g/mol. The van der Waals surface area contributed by atoms with Crippen LogP contribution >= 0.6 is 0 Å². The highest BCUT2D eigenvalue weighted by Crippen LogP contribution is 2.40. The number of rotatable bonds is 3. The fourth-order valence-corrected chi connectivity index (χ4v) is 3.53. The molecule has 5 N–H and O–H groups in total. The lowest BCUT2D eigenvalue weighted by atomic mass is 9.86. The van der Waals surface area contributed by atoms with Crippen LogP contribution in [0.1, 0.15) is 18.7 Å². The number of halogens is 2. The SMILES string of the molecule is CC(O)(c1ccc(F)c(F)c1)[C@H]1O[C@@H](n2ccc3c(N)ncnc32)[C@H](O)[C@@H]1O. The summed E-state index contributed by atoms with van der Waals surface area (Å²) in [6.07, 6.45) is -2.54. The van der Waals surface area contributed by atoms with Gasteiger partial charge in [0, 0.05) is 6.20 Å². The first-order chi connectivity index (χ1) is 13.2. The number of hydrogen-bond donors (Lipinski definition) is 4. The van der Waals surface area contributed by atoms with E-state index in [1.165, 1.54) is 23.9 Å². The fourth-order valence-electron chi connectivity index (χ4n) is 3.53. The average Bonchev–Trinajstić information content (AvgIpc) is 3.20. The Morgan fingerprint density at radius 1 is 1.14 bits per heavy atom. The van der Waals surface area contributed by atoms with Gasteiger partial charge in [-0.15, -0.1) is 0 Å². The second kappa shape index (κ2) is 6.45. The predicted octanol–water partition coefficient (Wildman–Crippen LogP) is 0.819. The number of ether oxygens (including phenoxy) is 1. The number of fused-ring (bicyclic) bond motifs is 1. The Bertz CT molecular complexity index is 1040. The van der Waals surface area contributed by atoms with Crippen molar-refractivity contribution >= 4 is 16.9 Å². The molecule has 3 heterocycles. The number of nitrogens with zero attached hydrogens (tertiary/aromatic N) is 3. The summed E-state index contributed by atoms with van der Waals surface area (Å²) in [6, 6.07) is 4.51. The zero-order chi connectivity index (χ0) is 20.2. The number of aromatic nitrogens is 3. The molecular weight excluding hydrogens is 374 g/mol. The molecule has 1 aliphatic heterocycles. The molecule has 148 valence electrons. The summed E-state index contributed by atoms with van der Waals surface area (Å²) < 4.78 is 34.1. The van der Waals surface area contributed by atoms with Gasteiger partial charge >= 0.3 is 0 Å². The third-order valence-corrected chi connectivity index (χ3v) is 5.11.